The number of ether oxygens (including phenoxy) is 1. The first-order valence-corrected chi connectivity index (χ1v) is 8.90. The zero-order chi connectivity index (χ0) is 19.9. The third-order valence-corrected chi connectivity index (χ3v) is 4.78. The Morgan fingerprint density at radius 2 is 1.50 bits per heavy atom. The number of aryl methyl sites for hydroxylation is 1. The molecule has 0 bridgehead atoms. The number of fused-ring (bicyclic) bond motifs is 3. The lowest BCUT2D eigenvalue weighted by Crippen LogP contribution is -2.19. The molecule has 28 heavy (non-hydrogen) atoms. The van der Waals surface area contributed by atoms with Crippen molar-refractivity contribution >= 4 is 33.3 Å². The molecule has 0 saturated heterocycles. The number of furan rings is 1. The van der Waals surface area contributed by atoms with Crippen LogP contribution in [0.3, 0.4) is 0 Å². The molecule has 0 spiro atoms. The average Bonchev–Trinajstić information content (AvgIpc) is 3.05. The number of hydrogen-bond donors (Lipinski definition) is 0. The van der Waals surface area contributed by atoms with Crippen molar-refractivity contribution in [1.29, 1.82) is 0 Å². The van der Waals surface area contributed by atoms with Gasteiger partial charge in [0.1, 0.15) is 5.58 Å². The van der Waals surface area contributed by atoms with Gasteiger partial charge in [-0.15, -0.1) is 13.2 Å². The topological polar surface area (TPSA) is 25.6 Å². The van der Waals surface area contributed by atoms with Gasteiger partial charge in [0.15, 0.2) is 11.3 Å². The van der Waals surface area contributed by atoms with E-state index in [0.29, 0.717) is 17.0 Å². The second kappa shape index (κ2) is 6.78. The molecule has 0 amide bonds. The third-order valence-electron chi connectivity index (χ3n) is 4.78. The van der Waals surface area contributed by atoms with Crippen molar-refractivity contribution in [2.75, 3.05) is 11.9 Å². The van der Waals surface area contributed by atoms with Crippen molar-refractivity contribution < 1.29 is 22.3 Å². The molecule has 4 aromatic rings. The summed E-state index contributed by atoms with van der Waals surface area (Å²) in [6.07, 6.45) is -3.94. The number of para-hydroxylation sites is 4. The van der Waals surface area contributed by atoms with Crippen LogP contribution in [0.4, 0.5) is 24.5 Å². The van der Waals surface area contributed by atoms with Gasteiger partial charge in [-0.1, -0.05) is 49.4 Å². The number of alkyl halides is 3. The summed E-state index contributed by atoms with van der Waals surface area (Å²) < 4.78 is 48.8. The van der Waals surface area contributed by atoms with Crippen molar-refractivity contribution in [2.45, 2.75) is 19.7 Å². The first-order chi connectivity index (χ1) is 13.4. The Labute approximate surface area is 159 Å². The Bertz CT molecular complexity index is 1150. The molecule has 1 heterocycles. The minimum absolute atomic E-state index is 0.264. The van der Waals surface area contributed by atoms with E-state index < -0.39 is 6.36 Å². The number of rotatable bonds is 4. The molecular weight excluding hydrogens is 367 g/mol. The summed E-state index contributed by atoms with van der Waals surface area (Å²) in [7, 11) is 1.70. The lowest BCUT2D eigenvalue weighted by atomic mass is 10.1. The molecule has 0 radical (unpaired) electrons. The average molecular weight is 385 g/mol. The van der Waals surface area contributed by atoms with Crippen molar-refractivity contribution in [1.82, 2.24) is 0 Å². The van der Waals surface area contributed by atoms with Gasteiger partial charge in [0, 0.05) is 17.8 Å². The fraction of sp³-hybridized carbons (Fsp3) is 0.182. The van der Waals surface area contributed by atoms with Crippen LogP contribution in [0, 0.1) is 0 Å². The van der Waals surface area contributed by atoms with Gasteiger partial charge in [-0.3, -0.25) is 0 Å². The largest absolute Gasteiger partial charge is 0.573 e. The molecule has 0 saturated carbocycles. The Hall–Kier alpha value is -3.15. The third kappa shape index (κ3) is 3.15. The predicted molar refractivity (Wildman–Crippen MR) is 104 cm³/mol. The normalized spacial score (nSPS) is 11.9. The maximum Gasteiger partial charge on any atom is 0.573 e. The van der Waals surface area contributed by atoms with Crippen molar-refractivity contribution in [2.24, 2.45) is 0 Å². The fourth-order valence-electron chi connectivity index (χ4n) is 3.48. The summed E-state index contributed by atoms with van der Waals surface area (Å²) in [4.78, 5) is 1.65. The first kappa shape index (κ1) is 18.2. The van der Waals surface area contributed by atoms with Gasteiger partial charge < -0.3 is 14.1 Å². The monoisotopic (exact) mass is 385 g/mol. The highest BCUT2D eigenvalue weighted by molar-refractivity contribution is 6.10. The molecule has 3 nitrogen and oxygen atoms in total. The van der Waals surface area contributed by atoms with Crippen LogP contribution in [-0.2, 0) is 6.42 Å². The van der Waals surface area contributed by atoms with Gasteiger partial charge in [0.25, 0.3) is 0 Å². The summed E-state index contributed by atoms with van der Waals surface area (Å²) >= 11 is 0. The summed E-state index contributed by atoms with van der Waals surface area (Å²) in [5, 5.41) is 1.91. The molecule has 144 valence electrons. The molecular formula is C22H18F3NO2. The van der Waals surface area contributed by atoms with E-state index in [1.165, 1.54) is 12.1 Å². The summed E-state index contributed by atoms with van der Waals surface area (Å²) in [6, 6.07) is 17.7. The zero-order valence-corrected chi connectivity index (χ0v) is 15.4. The Balaban J connectivity index is 1.88. The summed E-state index contributed by atoms with van der Waals surface area (Å²) in [5.74, 6) is -0.264. The lowest BCUT2D eigenvalue weighted by molar-refractivity contribution is -0.274. The van der Waals surface area contributed by atoms with E-state index in [2.05, 4.69) is 11.7 Å². The van der Waals surface area contributed by atoms with Crippen LogP contribution < -0.4 is 9.64 Å². The van der Waals surface area contributed by atoms with E-state index in [-0.39, 0.29) is 5.75 Å². The molecule has 0 atom stereocenters. The number of benzene rings is 3. The van der Waals surface area contributed by atoms with E-state index in [1.807, 2.05) is 36.4 Å². The van der Waals surface area contributed by atoms with Crippen molar-refractivity contribution in [3.63, 3.8) is 0 Å². The van der Waals surface area contributed by atoms with Gasteiger partial charge in [0.2, 0.25) is 0 Å². The van der Waals surface area contributed by atoms with Gasteiger partial charge in [-0.25, -0.2) is 0 Å². The molecule has 0 unspecified atom stereocenters. The van der Waals surface area contributed by atoms with Gasteiger partial charge in [-0.05, 0) is 30.2 Å². The van der Waals surface area contributed by atoms with Crippen LogP contribution in [0.1, 0.15) is 12.5 Å². The molecule has 0 N–H and O–H groups in total. The molecule has 0 aliphatic rings. The van der Waals surface area contributed by atoms with Crippen LogP contribution in [0.15, 0.2) is 65.1 Å². The van der Waals surface area contributed by atoms with Crippen molar-refractivity contribution in [3.8, 4) is 5.75 Å². The zero-order valence-electron chi connectivity index (χ0n) is 15.4. The van der Waals surface area contributed by atoms with Gasteiger partial charge in [0.05, 0.1) is 11.4 Å². The molecule has 0 fully saturated rings. The van der Waals surface area contributed by atoms with Crippen LogP contribution in [0.25, 0.3) is 21.9 Å². The maximum absolute atomic E-state index is 12.8. The van der Waals surface area contributed by atoms with Crippen LogP contribution in [-0.4, -0.2) is 13.4 Å². The summed E-state index contributed by atoms with van der Waals surface area (Å²) in [6.45, 7) is 2.06. The quantitative estimate of drug-likeness (QED) is 0.386. The second-order valence-corrected chi connectivity index (χ2v) is 6.48. The second-order valence-electron chi connectivity index (χ2n) is 6.48. The number of hydrogen-bond acceptors (Lipinski definition) is 3. The minimum Gasteiger partial charge on any atom is -0.454 e. The minimum atomic E-state index is -4.77. The SMILES string of the molecule is CCc1cccc2c1oc1c(N(C)c3ccccc3OC(F)(F)F)cccc12. The summed E-state index contributed by atoms with van der Waals surface area (Å²) in [5.41, 5.74) is 3.48. The fourth-order valence-corrected chi connectivity index (χ4v) is 3.48. The predicted octanol–water partition coefficient (Wildman–Crippen LogP) is 6.81. The molecule has 3 aromatic carbocycles. The van der Waals surface area contributed by atoms with Crippen molar-refractivity contribution in [3.05, 3.63) is 66.2 Å². The standard InChI is InChI=1S/C22H18F3NO2/c1-3-14-8-6-9-15-16-10-7-12-18(21(16)27-20(14)15)26(2)17-11-4-5-13-19(17)28-22(23,24)25/h4-13H,3H2,1-2H3. The number of nitrogens with zero attached hydrogens (tertiary/aromatic N) is 1. The van der Waals surface area contributed by atoms with Crippen LogP contribution in [0.2, 0.25) is 0 Å². The van der Waals surface area contributed by atoms with E-state index in [1.54, 1.807) is 24.1 Å². The van der Waals surface area contributed by atoms with Gasteiger partial charge in [-0.2, -0.15) is 0 Å². The van der Waals surface area contributed by atoms with E-state index in [4.69, 9.17) is 4.42 Å². The first-order valence-electron chi connectivity index (χ1n) is 8.90. The lowest BCUT2D eigenvalue weighted by Gasteiger charge is -2.23. The van der Waals surface area contributed by atoms with Gasteiger partial charge >= 0.3 is 6.36 Å². The molecule has 1 aromatic heterocycles. The Morgan fingerprint density at radius 1 is 0.857 bits per heavy atom. The van der Waals surface area contributed by atoms with E-state index in [0.717, 1.165) is 28.3 Å². The Kier molecular flexibility index (Phi) is 4.41. The Morgan fingerprint density at radius 3 is 2.21 bits per heavy atom. The van der Waals surface area contributed by atoms with E-state index >= 15 is 0 Å². The molecule has 0 aliphatic heterocycles. The number of halogens is 3. The molecule has 0 aliphatic carbocycles. The number of anilines is 2. The molecule has 6 heteroatoms. The maximum atomic E-state index is 12.8. The highest BCUT2D eigenvalue weighted by atomic mass is 19.4. The highest BCUT2D eigenvalue weighted by Crippen LogP contribution is 2.41. The highest BCUT2D eigenvalue weighted by Gasteiger charge is 2.32. The molecule has 4 rings (SSSR count). The van der Waals surface area contributed by atoms with Crippen LogP contribution in [0.5, 0.6) is 5.75 Å². The van der Waals surface area contributed by atoms with E-state index in [9.17, 15) is 13.2 Å². The smallest absolute Gasteiger partial charge is 0.454 e. The van der Waals surface area contributed by atoms with Crippen LogP contribution >= 0.6 is 0 Å².